The fraction of sp³-hybridized carbons (Fsp3) is 0.500. The average Bonchev–Trinajstić information content (AvgIpc) is 2.95. The number of rotatable bonds is 4. The van der Waals surface area contributed by atoms with Crippen molar-refractivity contribution < 1.29 is 14.3 Å². The molecule has 3 aliphatic rings. The molecule has 2 fully saturated rings. The van der Waals surface area contributed by atoms with Crippen LogP contribution in [0, 0.1) is 0 Å². The summed E-state index contributed by atoms with van der Waals surface area (Å²) in [6.07, 6.45) is 10.2. The molecule has 1 saturated heterocycles. The molecular weight excluding hydrogens is 392 g/mol. The van der Waals surface area contributed by atoms with Gasteiger partial charge in [-0.05, 0) is 37.1 Å². The second-order valence-electron chi connectivity index (χ2n) is 8.33. The van der Waals surface area contributed by atoms with Crippen molar-refractivity contribution in [2.75, 3.05) is 42.4 Å². The van der Waals surface area contributed by atoms with Crippen LogP contribution in [0.25, 0.3) is 0 Å². The molecule has 31 heavy (non-hydrogen) atoms. The summed E-state index contributed by atoms with van der Waals surface area (Å²) >= 11 is 0. The van der Waals surface area contributed by atoms with Crippen LogP contribution in [0.15, 0.2) is 36.5 Å². The lowest BCUT2D eigenvalue weighted by atomic mass is 9.98. The van der Waals surface area contributed by atoms with Crippen molar-refractivity contribution in [3.05, 3.63) is 42.1 Å². The first-order valence-corrected chi connectivity index (χ1v) is 11.1. The molecule has 0 bridgehead atoms. The fourth-order valence-corrected chi connectivity index (χ4v) is 4.33. The number of ether oxygens (including phenoxy) is 2. The third-order valence-electron chi connectivity index (χ3n) is 6.34. The molecule has 1 amide bonds. The summed E-state index contributed by atoms with van der Waals surface area (Å²) in [5, 5.41) is 3.33. The zero-order chi connectivity index (χ0) is 21.6. The van der Waals surface area contributed by atoms with E-state index in [1.807, 2.05) is 25.3 Å². The average molecular weight is 425 g/mol. The van der Waals surface area contributed by atoms with Gasteiger partial charge in [-0.25, -0.2) is 4.98 Å². The quantitative estimate of drug-likeness (QED) is 0.746. The van der Waals surface area contributed by atoms with Gasteiger partial charge in [-0.2, -0.15) is 0 Å². The Balaban J connectivity index is 0.000000245. The first-order chi connectivity index (χ1) is 15.2. The van der Waals surface area contributed by atoms with Gasteiger partial charge in [-0.3, -0.25) is 4.79 Å². The molecule has 0 atom stereocenters. The molecule has 0 spiro atoms. The zero-order valence-corrected chi connectivity index (χ0v) is 18.4. The highest BCUT2D eigenvalue weighted by molar-refractivity contribution is 5.89. The van der Waals surface area contributed by atoms with Gasteiger partial charge in [-0.15, -0.1) is 0 Å². The third-order valence-corrected chi connectivity index (χ3v) is 6.34. The molecule has 5 rings (SSSR count). The SMILES string of the molecule is COC1CCCCC1.COC1CN(c2ccc3c(c2)N(C=O)Cc2cccnc2N3)C1. The maximum atomic E-state index is 11.6. The Bertz CT molecular complexity index is 879. The topological polar surface area (TPSA) is 66.9 Å². The van der Waals surface area contributed by atoms with Crippen LogP contribution in [0.4, 0.5) is 22.9 Å². The van der Waals surface area contributed by atoms with E-state index in [-0.39, 0.29) is 0 Å². The standard InChI is InChI=1S/C17H18N4O2.C7H14O/c1-23-14-9-20(10-14)13-4-5-15-16(7-13)21(11-22)8-12-3-2-6-18-17(12)19-15;1-8-7-5-3-2-4-6-7/h2-7,11,14H,8-10H2,1H3,(H,18,19);7H,2-6H2,1H3. The van der Waals surface area contributed by atoms with E-state index < -0.39 is 0 Å². The van der Waals surface area contributed by atoms with Crippen LogP contribution in [0.5, 0.6) is 0 Å². The number of amides is 1. The fourth-order valence-electron chi connectivity index (χ4n) is 4.33. The molecule has 166 valence electrons. The molecule has 7 nitrogen and oxygen atoms in total. The van der Waals surface area contributed by atoms with E-state index in [9.17, 15) is 4.79 Å². The minimum atomic E-state index is 0.294. The van der Waals surface area contributed by atoms with Crippen molar-refractivity contribution in [3.63, 3.8) is 0 Å². The van der Waals surface area contributed by atoms with E-state index in [1.165, 1.54) is 32.1 Å². The Kier molecular flexibility index (Phi) is 7.04. The van der Waals surface area contributed by atoms with Crippen molar-refractivity contribution in [3.8, 4) is 0 Å². The molecule has 7 heteroatoms. The highest BCUT2D eigenvalue weighted by Gasteiger charge is 2.28. The van der Waals surface area contributed by atoms with Gasteiger partial charge in [-0.1, -0.05) is 25.3 Å². The monoisotopic (exact) mass is 424 g/mol. The molecular formula is C24H32N4O3. The van der Waals surface area contributed by atoms with Crippen LogP contribution in [0.1, 0.15) is 37.7 Å². The van der Waals surface area contributed by atoms with Gasteiger partial charge in [0.25, 0.3) is 0 Å². The summed E-state index contributed by atoms with van der Waals surface area (Å²) in [7, 11) is 3.55. The summed E-state index contributed by atoms with van der Waals surface area (Å²) in [5.41, 5.74) is 3.86. The minimum Gasteiger partial charge on any atom is -0.381 e. The second kappa shape index (κ2) is 10.1. The molecule has 2 aromatic rings. The van der Waals surface area contributed by atoms with Crippen LogP contribution < -0.4 is 15.1 Å². The predicted octanol–water partition coefficient (Wildman–Crippen LogP) is 4.10. The number of anilines is 4. The Labute approximate surface area is 184 Å². The van der Waals surface area contributed by atoms with Crippen molar-refractivity contribution in [2.24, 2.45) is 0 Å². The summed E-state index contributed by atoms with van der Waals surface area (Å²) in [5.74, 6) is 0.800. The molecule has 1 aliphatic carbocycles. The van der Waals surface area contributed by atoms with Gasteiger partial charge in [0.2, 0.25) is 6.41 Å². The number of aromatic nitrogens is 1. The van der Waals surface area contributed by atoms with Crippen LogP contribution in [-0.4, -0.2) is 50.9 Å². The minimum absolute atomic E-state index is 0.294. The number of nitrogens with zero attached hydrogens (tertiary/aromatic N) is 3. The van der Waals surface area contributed by atoms with Gasteiger partial charge in [0.15, 0.2) is 0 Å². The predicted molar refractivity (Wildman–Crippen MR) is 123 cm³/mol. The highest BCUT2D eigenvalue weighted by Crippen LogP contribution is 2.37. The van der Waals surface area contributed by atoms with E-state index in [1.54, 1.807) is 18.2 Å². The number of hydrogen-bond donors (Lipinski definition) is 1. The van der Waals surface area contributed by atoms with Gasteiger partial charge in [0.1, 0.15) is 5.82 Å². The summed E-state index contributed by atoms with van der Waals surface area (Å²) < 4.78 is 10.5. The maximum absolute atomic E-state index is 11.6. The first-order valence-electron chi connectivity index (χ1n) is 11.1. The second-order valence-corrected chi connectivity index (χ2v) is 8.33. The van der Waals surface area contributed by atoms with Crippen LogP contribution in [0.2, 0.25) is 0 Å². The Morgan fingerprint density at radius 1 is 1.06 bits per heavy atom. The number of nitrogens with one attached hydrogen (secondary N) is 1. The number of methoxy groups -OCH3 is 2. The van der Waals surface area contributed by atoms with Gasteiger partial charge >= 0.3 is 0 Å². The van der Waals surface area contributed by atoms with Gasteiger partial charge in [0, 0.05) is 44.8 Å². The van der Waals surface area contributed by atoms with Crippen molar-refractivity contribution in [1.29, 1.82) is 0 Å². The zero-order valence-electron chi connectivity index (χ0n) is 18.4. The van der Waals surface area contributed by atoms with E-state index in [0.717, 1.165) is 47.9 Å². The Morgan fingerprint density at radius 3 is 2.52 bits per heavy atom. The summed E-state index contributed by atoms with van der Waals surface area (Å²) in [6, 6.07) is 9.99. The summed E-state index contributed by atoms with van der Waals surface area (Å²) in [6.45, 7) is 2.27. The first kappa shape index (κ1) is 21.6. The smallest absolute Gasteiger partial charge is 0.214 e. The largest absolute Gasteiger partial charge is 0.381 e. The molecule has 1 saturated carbocycles. The van der Waals surface area contributed by atoms with E-state index in [2.05, 4.69) is 27.3 Å². The van der Waals surface area contributed by atoms with Crippen LogP contribution in [0.3, 0.4) is 0 Å². The molecule has 1 aromatic heterocycles. The van der Waals surface area contributed by atoms with E-state index >= 15 is 0 Å². The van der Waals surface area contributed by atoms with Crippen molar-refractivity contribution >= 4 is 29.3 Å². The van der Waals surface area contributed by atoms with Crippen molar-refractivity contribution in [1.82, 2.24) is 4.98 Å². The number of hydrogen-bond acceptors (Lipinski definition) is 6. The lowest BCUT2D eigenvalue weighted by Gasteiger charge is -2.40. The lowest BCUT2D eigenvalue weighted by Crippen LogP contribution is -2.51. The number of benzene rings is 1. The van der Waals surface area contributed by atoms with E-state index in [0.29, 0.717) is 18.8 Å². The highest BCUT2D eigenvalue weighted by atomic mass is 16.5. The number of carbonyl (C=O) groups is 1. The summed E-state index contributed by atoms with van der Waals surface area (Å²) in [4.78, 5) is 19.9. The van der Waals surface area contributed by atoms with Crippen LogP contribution >= 0.6 is 0 Å². The van der Waals surface area contributed by atoms with Gasteiger partial charge < -0.3 is 24.6 Å². The molecule has 0 unspecified atom stereocenters. The van der Waals surface area contributed by atoms with Gasteiger partial charge in [0.05, 0.1) is 30.1 Å². The molecule has 0 radical (unpaired) electrons. The maximum Gasteiger partial charge on any atom is 0.214 e. The van der Waals surface area contributed by atoms with E-state index in [4.69, 9.17) is 9.47 Å². The van der Waals surface area contributed by atoms with Crippen LogP contribution in [-0.2, 0) is 20.8 Å². The number of pyridine rings is 1. The molecule has 3 heterocycles. The molecule has 1 N–H and O–H groups in total. The Hall–Kier alpha value is -2.64. The normalized spacial score (nSPS) is 18.5. The Morgan fingerprint density at radius 2 is 1.84 bits per heavy atom. The number of carbonyl (C=O) groups excluding carboxylic acids is 1. The third kappa shape index (κ3) is 4.99. The molecule has 2 aliphatic heterocycles. The molecule has 1 aromatic carbocycles. The van der Waals surface area contributed by atoms with Crippen molar-refractivity contribution in [2.45, 2.75) is 50.9 Å². The number of fused-ring (bicyclic) bond motifs is 2. The lowest BCUT2D eigenvalue weighted by molar-refractivity contribution is -0.107.